The van der Waals surface area contributed by atoms with E-state index in [4.69, 9.17) is 9.26 Å². The minimum absolute atomic E-state index is 0.0433. The molecule has 0 radical (unpaired) electrons. The van der Waals surface area contributed by atoms with Gasteiger partial charge in [0, 0.05) is 37.2 Å². The first kappa shape index (κ1) is 17.1. The molecule has 0 aliphatic carbocycles. The molecule has 1 fully saturated rings. The maximum atomic E-state index is 11.5. The highest BCUT2D eigenvalue weighted by molar-refractivity contribution is 5.71. The number of aromatic nitrogens is 3. The van der Waals surface area contributed by atoms with Crippen LogP contribution in [0.2, 0.25) is 0 Å². The van der Waals surface area contributed by atoms with Crippen LogP contribution in [0.15, 0.2) is 47.2 Å². The molecule has 0 amide bonds. The lowest BCUT2D eigenvalue weighted by atomic mass is 10.1. The summed E-state index contributed by atoms with van der Waals surface area (Å²) < 4.78 is 10.8. The Balaban J connectivity index is 1.57. The van der Waals surface area contributed by atoms with E-state index in [0.717, 1.165) is 19.4 Å². The van der Waals surface area contributed by atoms with Crippen molar-refractivity contribution in [3.8, 4) is 22.8 Å². The summed E-state index contributed by atoms with van der Waals surface area (Å²) in [6.07, 6.45) is 5.32. The van der Waals surface area contributed by atoms with Gasteiger partial charge in [0.05, 0.1) is 16.6 Å². The van der Waals surface area contributed by atoms with Crippen LogP contribution in [0.3, 0.4) is 0 Å². The summed E-state index contributed by atoms with van der Waals surface area (Å²) in [5.74, 6) is 0.587. The smallest absolute Gasteiger partial charge is 0.293 e. The summed E-state index contributed by atoms with van der Waals surface area (Å²) in [7, 11) is 0. The van der Waals surface area contributed by atoms with E-state index in [1.807, 2.05) is 0 Å². The van der Waals surface area contributed by atoms with Crippen molar-refractivity contribution in [1.82, 2.24) is 15.1 Å². The summed E-state index contributed by atoms with van der Waals surface area (Å²) in [5, 5.41) is 18.5. The van der Waals surface area contributed by atoms with Crippen LogP contribution < -0.4 is 5.32 Å². The third-order valence-electron chi connectivity index (χ3n) is 4.33. The second kappa shape index (κ2) is 7.50. The molecule has 1 unspecified atom stereocenters. The van der Waals surface area contributed by atoms with Gasteiger partial charge in [-0.15, -0.1) is 0 Å². The fourth-order valence-electron chi connectivity index (χ4n) is 2.95. The molecular weight excluding hydrogens is 350 g/mol. The molecule has 1 N–H and O–H groups in total. The molecule has 1 atom stereocenters. The number of rotatable bonds is 6. The van der Waals surface area contributed by atoms with E-state index in [1.165, 1.54) is 6.07 Å². The molecule has 1 aliphatic heterocycles. The summed E-state index contributed by atoms with van der Waals surface area (Å²) in [4.78, 5) is 19.4. The fraction of sp³-hybridized carbons (Fsp3) is 0.278. The number of nitro groups is 1. The van der Waals surface area contributed by atoms with Gasteiger partial charge in [0.2, 0.25) is 5.82 Å². The summed E-state index contributed by atoms with van der Waals surface area (Å²) >= 11 is 0. The first-order valence-corrected chi connectivity index (χ1v) is 8.59. The molecule has 138 valence electrons. The van der Waals surface area contributed by atoms with Crippen LogP contribution in [-0.2, 0) is 4.74 Å². The van der Waals surface area contributed by atoms with E-state index in [2.05, 4.69) is 20.4 Å². The molecule has 3 aromatic rings. The van der Waals surface area contributed by atoms with E-state index < -0.39 is 4.92 Å². The number of hydrogen-bond acceptors (Lipinski definition) is 8. The van der Waals surface area contributed by atoms with Crippen molar-refractivity contribution in [3.63, 3.8) is 0 Å². The molecule has 0 bridgehead atoms. The molecule has 1 aliphatic rings. The van der Waals surface area contributed by atoms with Gasteiger partial charge in [-0.05, 0) is 37.1 Å². The molecule has 1 saturated heterocycles. The number of nitro benzene ring substituents is 1. The lowest BCUT2D eigenvalue weighted by Gasteiger charge is -2.12. The van der Waals surface area contributed by atoms with Gasteiger partial charge in [-0.2, -0.15) is 4.98 Å². The highest BCUT2D eigenvalue weighted by Gasteiger charge is 2.20. The van der Waals surface area contributed by atoms with Gasteiger partial charge in [-0.3, -0.25) is 15.1 Å². The molecule has 2 aromatic heterocycles. The average Bonchev–Trinajstić information content (AvgIpc) is 3.39. The third kappa shape index (κ3) is 3.77. The summed E-state index contributed by atoms with van der Waals surface area (Å²) in [6, 6.07) is 8.38. The highest BCUT2D eigenvalue weighted by atomic mass is 16.6. The molecule has 9 heteroatoms. The largest absolute Gasteiger partial charge is 0.377 e. The maximum Gasteiger partial charge on any atom is 0.293 e. The molecule has 27 heavy (non-hydrogen) atoms. The average molecular weight is 367 g/mol. The number of benzene rings is 1. The lowest BCUT2D eigenvalue weighted by Crippen LogP contribution is -2.18. The zero-order valence-corrected chi connectivity index (χ0v) is 14.4. The van der Waals surface area contributed by atoms with Crippen molar-refractivity contribution in [2.75, 3.05) is 18.5 Å². The second-order valence-corrected chi connectivity index (χ2v) is 6.17. The summed E-state index contributed by atoms with van der Waals surface area (Å²) in [6.45, 7) is 1.28. The van der Waals surface area contributed by atoms with Gasteiger partial charge < -0.3 is 14.6 Å². The Morgan fingerprint density at radius 2 is 2.22 bits per heavy atom. The summed E-state index contributed by atoms with van der Waals surface area (Å²) in [5.41, 5.74) is 1.58. The van der Waals surface area contributed by atoms with Crippen molar-refractivity contribution in [3.05, 3.63) is 52.8 Å². The van der Waals surface area contributed by atoms with Gasteiger partial charge >= 0.3 is 0 Å². The van der Waals surface area contributed by atoms with Crippen LogP contribution in [0.5, 0.6) is 0 Å². The molecule has 0 saturated carbocycles. The molecule has 9 nitrogen and oxygen atoms in total. The second-order valence-electron chi connectivity index (χ2n) is 6.17. The fourth-order valence-corrected chi connectivity index (χ4v) is 2.95. The first-order chi connectivity index (χ1) is 13.2. The predicted molar refractivity (Wildman–Crippen MR) is 97.1 cm³/mol. The van der Waals surface area contributed by atoms with Crippen molar-refractivity contribution in [2.24, 2.45) is 0 Å². The van der Waals surface area contributed by atoms with Gasteiger partial charge in [-0.25, -0.2) is 0 Å². The van der Waals surface area contributed by atoms with Crippen LogP contribution in [0.1, 0.15) is 12.8 Å². The van der Waals surface area contributed by atoms with Gasteiger partial charge in [0.15, 0.2) is 0 Å². The van der Waals surface area contributed by atoms with Crippen molar-refractivity contribution in [2.45, 2.75) is 18.9 Å². The first-order valence-electron chi connectivity index (χ1n) is 8.59. The normalized spacial score (nSPS) is 16.4. The zero-order chi connectivity index (χ0) is 18.6. The van der Waals surface area contributed by atoms with Gasteiger partial charge in [-0.1, -0.05) is 5.16 Å². The van der Waals surface area contributed by atoms with E-state index in [1.54, 1.807) is 36.7 Å². The Morgan fingerprint density at radius 3 is 2.96 bits per heavy atom. The Labute approximate surface area is 154 Å². The number of hydrogen-bond donors (Lipinski definition) is 1. The minimum atomic E-state index is -0.427. The van der Waals surface area contributed by atoms with E-state index in [-0.39, 0.29) is 17.6 Å². The standard InChI is InChI=1S/C18H17N5O4/c24-23(25)16-9-12(5-6-15(16)20-11-14-4-2-8-26-14)17-21-18(27-22-17)13-3-1-7-19-10-13/h1,3,5-7,9-10,14,20H,2,4,8,11H2. The quantitative estimate of drug-likeness (QED) is 0.521. The van der Waals surface area contributed by atoms with Gasteiger partial charge in [0.25, 0.3) is 11.6 Å². The van der Waals surface area contributed by atoms with Crippen LogP contribution in [0, 0.1) is 10.1 Å². The number of nitrogens with zero attached hydrogens (tertiary/aromatic N) is 4. The zero-order valence-electron chi connectivity index (χ0n) is 14.4. The van der Waals surface area contributed by atoms with Crippen LogP contribution in [-0.4, -0.2) is 39.3 Å². The van der Waals surface area contributed by atoms with Crippen LogP contribution in [0.4, 0.5) is 11.4 Å². The monoisotopic (exact) mass is 367 g/mol. The highest BCUT2D eigenvalue weighted by Crippen LogP contribution is 2.31. The Bertz CT molecular complexity index is 938. The SMILES string of the molecule is O=[N+]([O-])c1cc(-c2noc(-c3cccnc3)n2)ccc1NCC1CCCO1. The maximum absolute atomic E-state index is 11.5. The molecular formula is C18H17N5O4. The van der Waals surface area contributed by atoms with Gasteiger partial charge in [0.1, 0.15) is 5.69 Å². The molecule has 0 spiro atoms. The Morgan fingerprint density at radius 1 is 1.30 bits per heavy atom. The predicted octanol–water partition coefficient (Wildman–Crippen LogP) is 3.30. The molecule has 4 rings (SSSR count). The lowest BCUT2D eigenvalue weighted by molar-refractivity contribution is -0.383. The van der Waals surface area contributed by atoms with E-state index in [9.17, 15) is 10.1 Å². The molecule has 1 aromatic carbocycles. The van der Waals surface area contributed by atoms with Crippen LogP contribution >= 0.6 is 0 Å². The molecule has 3 heterocycles. The number of nitrogens with one attached hydrogen (secondary N) is 1. The topological polar surface area (TPSA) is 116 Å². The van der Waals surface area contributed by atoms with Crippen LogP contribution in [0.25, 0.3) is 22.8 Å². The van der Waals surface area contributed by atoms with E-state index in [0.29, 0.717) is 29.2 Å². The van der Waals surface area contributed by atoms with E-state index >= 15 is 0 Å². The number of ether oxygens (including phenoxy) is 1. The number of anilines is 1. The third-order valence-corrected chi connectivity index (χ3v) is 4.33. The Hall–Kier alpha value is -3.33. The Kier molecular flexibility index (Phi) is 4.75. The van der Waals surface area contributed by atoms with Crippen molar-refractivity contribution in [1.29, 1.82) is 0 Å². The van der Waals surface area contributed by atoms with Crippen molar-refractivity contribution >= 4 is 11.4 Å². The van der Waals surface area contributed by atoms with Crippen molar-refractivity contribution < 1.29 is 14.2 Å². The minimum Gasteiger partial charge on any atom is -0.377 e. The number of pyridine rings is 1.